The maximum absolute atomic E-state index is 11.8. The molecule has 4 saturated carbocycles. The number of tetrazole rings is 1. The van der Waals surface area contributed by atoms with Crippen LogP contribution < -0.4 is 0 Å². The molecule has 11 atom stereocenters. The van der Waals surface area contributed by atoms with Gasteiger partial charge in [0.25, 0.3) is 5.82 Å². The SMILES string of the molecule is CC[C@H]1[C@@H](O)C2C3CC[C@H]([C@H](C)CCn4nnc(C(=O)O)n4)[C@@]3(C)CCC2[C@@]2(C)CC[C@@H](O)C[C@@H]12. The average molecular weight is 489 g/mol. The van der Waals surface area contributed by atoms with E-state index in [2.05, 4.69) is 43.1 Å². The molecule has 0 aromatic carbocycles. The molecule has 196 valence electrons. The summed E-state index contributed by atoms with van der Waals surface area (Å²) in [6.45, 7) is 10.1. The highest BCUT2D eigenvalue weighted by molar-refractivity contribution is 5.82. The molecule has 8 nitrogen and oxygen atoms in total. The van der Waals surface area contributed by atoms with Gasteiger partial charge in [-0.05, 0) is 109 Å². The Hall–Kier alpha value is -1.54. The molecule has 3 unspecified atom stereocenters. The third-order valence-electron chi connectivity index (χ3n) is 11.6. The van der Waals surface area contributed by atoms with Crippen LogP contribution >= 0.6 is 0 Å². The molecular weight excluding hydrogens is 444 g/mol. The number of fused-ring (bicyclic) bond motifs is 5. The van der Waals surface area contributed by atoms with E-state index < -0.39 is 5.97 Å². The highest BCUT2D eigenvalue weighted by Crippen LogP contribution is 2.69. The van der Waals surface area contributed by atoms with E-state index in [0.29, 0.717) is 42.1 Å². The average Bonchev–Trinajstić information content (AvgIpc) is 3.43. The predicted octanol–water partition coefficient (Wildman–Crippen LogP) is 4.02. The van der Waals surface area contributed by atoms with Crippen molar-refractivity contribution in [2.45, 2.75) is 104 Å². The van der Waals surface area contributed by atoms with E-state index in [1.54, 1.807) is 0 Å². The first-order chi connectivity index (χ1) is 16.6. The number of nitrogens with zero attached hydrogens (tertiary/aromatic N) is 4. The molecule has 0 saturated heterocycles. The number of rotatable bonds is 6. The van der Waals surface area contributed by atoms with Gasteiger partial charge in [0.15, 0.2) is 0 Å². The second kappa shape index (κ2) is 9.09. The highest BCUT2D eigenvalue weighted by Gasteiger charge is 2.64. The van der Waals surface area contributed by atoms with Gasteiger partial charge in [-0.3, -0.25) is 0 Å². The van der Waals surface area contributed by atoms with Crippen molar-refractivity contribution in [3.8, 4) is 0 Å². The Morgan fingerprint density at radius 2 is 1.80 bits per heavy atom. The van der Waals surface area contributed by atoms with Crippen LogP contribution in [-0.4, -0.2) is 53.7 Å². The van der Waals surface area contributed by atoms with Crippen molar-refractivity contribution < 1.29 is 20.1 Å². The van der Waals surface area contributed by atoms with E-state index in [1.807, 2.05) is 0 Å². The molecule has 0 spiro atoms. The molecule has 0 aliphatic heterocycles. The summed E-state index contributed by atoms with van der Waals surface area (Å²) in [5, 5.41) is 42.9. The molecule has 3 N–H and O–H groups in total. The smallest absolute Gasteiger partial charge is 0.377 e. The van der Waals surface area contributed by atoms with Crippen molar-refractivity contribution in [1.82, 2.24) is 20.2 Å². The van der Waals surface area contributed by atoms with Crippen LogP contribution in [0.2, 0.25) is 0 Å². The van der Waals surface area contributed by atoms with Crippen molar-refractivity contribution >= 4 is 5.97 Å². The standard InChI is InChI=1S/C27H44N4O4/c1-5-17-21-14-16(32)8-11-27(21,4)20-9-12-26(3)18(6-7-19(26)22(20)23(17)33)15(2)10-13-31-29-24(25(34)35)28-30-31/h15-23,32-33H,5-14H2,1-4H3,(H,34,35)/t15-,16-,17-,18-,19?,20?,21+,22?,23-,26-,27-/m1/s1. The Labute approximate surface area is 208 Å². The number of aliphatic hydroxyl groups is 2. The number of carbonyl (C=O) groups is 1. The molecule has 4 aliphatic rings. The number of aromatic nitrogens is 4. The first kappa shape index (κ1) is 25.1. The third-order valence-corrected chi connectivity index (χ3v) is 11.6. The summed E-state index contributed by atoms with van der Waals surface area (Å²) >= 11 is 0. The fourth-order valence-corrected chi connectivity index (χ4v) is 9.88. The fraction of sp³-hybridized carbons (Fsp3) is 0.926. The van der Waals surface area contributed by atoms with E-state index in [-0.39, 0.29) is 34.8 Å². The van der Waals surface area contributed by atoms with Gasteiger partial charge >= 0.3 is 5.97 Å². The molecule has 8 heteroatoms. The lowest BCUT2D eigenvalue weighted by atomic mass is 9.41. The van der Waals surface area contributed by atoms with Crippen molar-refractivity contribution in [3.63, 3.8) is 0 Å². The first-order valence-electron chi connectivity index (χ1n) is 14.0. The molecule has 1 heterocycles. The molecule has 4 fully saturated rings. The number of hydrogen-bond acceptors (Lipinski definition) is 6. The zero-order valence-corrected chi connectivity index (χ0v) is 21.8. The van der Waals surface area contributed by atoms with Crippen LogP contribution in [0.15, 0.2) is 0 Å². The quantitative estimate of drug-likeness (QED) is 0.553. The molecule has 4 aliphatic carbocycles. The van der Waals surface area contributed by atoms with Gasteiger partial charge in [0, 0.05) is 0 Å². The van der Waals surface area contributed by atoms with Gasteiger partial charge in [-0.1, -0.05) is 34.1 Å². The molecule has 5 rings (SSSR count). The van der Waals surface area contributed by atoms with Gasteiger partial charge in [0.1, 0.15) is 0 Å². The Kier molecular flexibility index (Phi) is 6.52. The van der Waals surface area contributed by atoms with Crippen LogP contribution in [0.1, 0.15) is 96.1 Å². The van der Waals surface area contributed by atoms with E-state index in [9.17, 15) is 15.0 Å². The Morgan fingerprint density at radius 3 is 2.49 bits per heavy atom. The van der Waals surface area contributed by atoms with Gasteiger partial charge in [-0.15, -0.1) is 10.2 Å². The predicted molar refractivity (Wildman–Crippen MR) is 130 cm³/mol. The van der Waals surface area contributed by atoms with Gasteiger partial charge in [-0.25, -0.2) is 4.79 Å². The Bertz CT molecular complexity index is 938. The number of hydrogen-bond donors (Lipinski definition) is 3. The van der Waals surface area contributed by atoms with Crippen LogP contribution in [-0.2, 0) is 6.54 Å². The molecule has 0 radical (unpaired) electrons. The largest absolute Gasteiger partial charge is 0.475 e. The van der Waals surface area contributed by atoms with Crippen LogP contribution in [0.4, 0.5) is 0 Å². The number of aliphatic hydroxyl groups excluding tert-OH is 2. The Balaban J connectivity index is 1.34. The second-order valence-corrected chi connectivity index (χ2v) is 12.9. The van der Waals surface area contributed by atoms with E-state index in [0.717, 1.165) is 32.1 Å². The molecule has 0 bridgehead atoms. The second-order valence-electron chi connectivity index (χ2n) is 12.9. The number of aromatic carboxylic acids is 1. The molecule has 35 heavy (non-hydrogen) atoms. The van der Waals surface area contributed by atoms with Crippen LogP contribution in [0.5, 0.6) is 0 Å². The van der Waals surface area contributed by atoms with Crippen LogP contribution in [0, 0.1) is 52.3 Å². The summed E-state index contributed by atoms with van der Waals surface area (Å²) in [5.74, 6) is 1.84. The van der Waals surface area contributed by atoms with Gasteiger partial charge in [0.05, 0.1) is 18.8 Å². The fourth-order valence-electron chi connectivity index (χ4n) is 9.88. The zero-order chi connectivity index (χ0) is 25.1. The van der Waals surface area contributed by atoms with Gasteiger partial charge in [0.2, 0.25) is 0 Å². The van der Waals surface area contributed by atoms with E-state index in [1.165, 1.54) is 30.5 Å². The molecular formula is C27H44N4O4. The topological polar surface area (TPSA) is 121 Å². The lowest BCUT2D eigenvalue weighted by Crippen LogP contribution is -2.62. The summed E-state index contributed by atoms with van der Waals surface area (Å²) in [5.41, 5.74) is 0.453. The Morgan fingerprint density at radius 1 is 1.09 bits per heavy atom. The summed E-state index contributed by atoms with van der Waals surface area (Å²) < 4.78 is 0. The summed E-state index contributed by atoms with van der Waals surface area (Å²) in [6, 6.07) is 0. The van der Waals surface area contributed by atoms with E-state index in [4.69, 9.17) is 5.11 Å². The number of carboxylic acids is 1. The summed E-state index contributed by atoms with van der Waals surface area (Å²) in [6.07, 6.45) is 9.06. The van der Waals surface area contributed by atoms with Crippen molar-refractivity contribution in [2.75, 3.05) is 0 Å². The third kappa shape index (κ3) is 3.94. The van der Waals surface area contributed by atoms with Crippen molar-refractivity contribution in [1.29, 1.82) is 0 Å². The summed E-state index contributed by atoms with van der Waals surface area (Å²) in [4.78, 5) is 12.5. The normalized spacial score (nSPS) is 45.9. The lowest BCUT2D eigenvalue weighted by Gasteiger charge is -2.64. The van der Waals surface area contributed by atoms with Gasteiger partial charge < -0.3 is 15.3 Å². The highest BCUT2D eigenvalue weighted by atomic mass is 16.4. The number of aryl methyl sites for hydroxylation is 1. The minimum atomic E-state index is -1.15. The minimum absolute atomic E-state index is 0.206. The number of carboxylic acid groups (broad SMARTS) is 1. The lowest BCUT2D eigenvalue weighted by molar-refractivity contribution is -0.203. The van der Waals surface area contributed by atoms with Crippen molar-refractivity contribution in [2.24, 2.45) is 52.3 Å². The zero-order valence-electron chi connectivity index (χ0n) is 21.8. The molecule has 0 amide bonds. The molecule has 1 aromatic heterocycles. The monoisotopic (exact) mass is 488 g/mol. The summed E-state index contributed by atoms with van der Waals surface area (Å²) in [7, 11) is 0. The maximum Gasteiger partial charge on any atom is 0.377 e. The van der Waals surface area contributed by atoms with E-state index >= 15 is 0 Å². The first-order valence-corrected chi connectivity index (χ1v) is 14.0. The molecule has 1 aromatic rings. The van der Waals surface area contributed by atoms with Crippen molar-refractivity contribution in [3.05, 3.63) is 5.82 Å². The van der Waals surface area contributed by atoms with Gasteiger partial charge in [-0.2, -0.15) is 4.80 Å². The van der Waals surface area contributed by atoms with Crippen LogP contribution in [0.25, 0.3) is 0 Å². The minimum Gasteiger partial charge on any atom is -0.475 e. The van der Waals surface area contributed by atoms with Crippen LogP contribution in [0.3, 0.4) is 0 Å². The maximum atomic E-state index is 11.8.